The largest absolute Gasteiger partial charge is 0.386 e. The molecule has 1 aromatic rings. The fourth-order valence-electron chi connectivity index (χ4n) is 2.13. The highest BCUT2D eigenvalue weighted by Crippen LogP contribution is 2.17. The maximum atomic E-state index is 7.62. The fraction of sp³-hybridized carbons (Fsp3) is 0.588. The van der Waals surface area contributed by atoms with Crippen LogP contribution < -0.4 is 16.4 Å². The van der Waals surface area contributed by atoms with E-state index in [-0.39, 0.29) is 1.43 Å². The SMILES string of the molecule is CCC(=N)c1ncccc1NC.CCN(CCNC1CC1)C(N)=S.[HH]. The van der Waals surface area contributed by atoms with E-state index in [0.717, 1.165) is 37.1 Å². The Morgan fingerprint density at radius 1 is 1.50 bits per heavy atom. The third kappa shape index (κ3) is 7.23. The number of nitrogens with one attached hydrogen (secondary N) is 3. The van der Waals surface area contributed by atoms with Crippen molar-refractivity contribution in [2.75, 3.05) is 32.0 Å². The van der Waals surface area contributed by atoms with Gasteiger partial charge < -0.3 is 26.7 Å². The number of hydrogen-bond donors (Lipinski definition) is 4. The van der Waals surface area contributed by atoms with Gasteiger partial charge in [0.2, 0.25) is 0 Å². The summed E-state index contributed by atoms with van der Waals surface area (Å²) in [4.78, 5) is 6.14. The number of anilines is 1. The summed E-state index contributed by atoms with van der Waals surface area (Å²) in [5, 5.41) is 14.6. The van der Waals surface area contributed by atoms with Crippen LogP contribution in [0.3, 0.4) is 0 Å². The van der Waals surface area contributed by atoms with Gasteiger partial charge in [-0.25, -0.2) is 0 Å². The zero-order valence-electron chi connectivity index (χ0n) is 14.9. The molecular weight excluding hydrogens is 320 g/mol. The van der Waals surface area contributed by atoms with Crippen molar-refractivity contribution in [3.63, 3.8) is 0 Å². The third-order valence-corrected chi connectivity index (χ3v) is 4.06. The first-order valence-corrected chi connectivity index (χ1v) is 8.92. The van der Waals surface area contributed by atoms with Crippen molar-refractivity contribution in [3.8, 4) is 0 Å². The standard InChI is InChI=1S/C9H13N3.C8H17N3S.H2/c1-3-7(10)9-8(11-2)5-4-6-12-9;1-2-11(8(9)12)6-5-10-7-3-4-7;/h4-6,10-11H,3H2,1-2H3;7,10H,2-6H2,1H3,(H2,9,12);1H. The molecule has 24 heavy (non-hydrogen) atoms. The van der Waals surface area contributed by atoms with Crippen LogP contribution in [-0.4, -0.2) is 53.4 Å². The maximum Gasteiger partial charge on any atom is 0.166 e. The molecule has 2 rings (SSSR count). The summed E-state index contributed by atoms with van der Waals surface area (Å²) < 4.78 is 0. The summed E-state index contributed by atoms with van der Waals surface area (Å²) in [5.41, 5.74) is 7.75. The molecule has 5 N–H and O–H groups in total. The maximum absolute atomic E-state index is 7.62. The molecule has 0 saturated heterocycles. The Morgan fingerprint density at radius 3 is 2.71 bits per heavy atom. The normalized spacial score (nSPS) is 12.8. The molecule has 0 spiro atoms. The van der Waals surface area contributed by atoms with E-state index in [2.05, 4.69) is 22.5 Å². The molecule has 1 heterocycles. The second-order valence-corrected chi connectivity index (χ2v) is 6.05. The molecule has 1 aliphatic carbocycles. The number of likely N-dealkylation sites (N-methyl/N-ethyl adjacent to an activating group) is 1. The first kappa shape index (κ1) is 20.3. The van der Waals surface area contributed by atoms with E-state index in [9.17, 15) is 0 Å². The Labute approximate surface area is 152 Å². The van der Waals surface area contributed by atoms with Crippen LogP contribution >= 0.6 is 12.2 Å². The molecule has 0 bridgehead atoms. The van der Waals surface area contributed by atoms with Crippen LogP contribution in [0.25, 0.3) is 0 Å². The van der Waals surface area contributed by atoms with Crippen LogP contribution in [0.4, 0.5) is 5.69 Å². The van der Waals surface area contributed by atoms with Crippen LogP contribution in [0.2, 0.25) is 0 Å². The molecule has 7 heteroatoms. The number of aromatic nitrogens is 1. The quantitative estimate of drug-likeness (QED) is 0.424. The zero-order chi connectivity index (χ0) is 17.9. The summed E-state index contributed by atoms with van der Waals surface area (Å²) in [6.45, 7) is 6.85. The number of rotatable bonds is 8. The first-order valence-electron chi connectivity index (χ1n) is 8.51. The molecule has 0 atom stereocenters. The number of thiocarbonyl (C=S) groups is 1. The van der Waals surface area contributed by atoms with Crippen molar-refractivity contribution >= 4 is 28.7 Å². The molecule has 0 aromatic carbocycles. The average molecular weight is 353 g/mol. The van der Waals surface area contributed by atoms with Crippen molar-refractivity contribution in [2.45, 2.75) is 39.2 Å². The lowest BCUT2D eigenvalue weighted by Gasteiger charge is -2.20. The van der Waals surface area contributed by atoms with Gasteiger partial charge in [-0.15, -0.1) is 0 Å². The molecule has 6 nitrogen and oxygen atoms in total. The Kier molecular flexibility index (Phi) is 9.26. The van der Waals surface area contributed by atoms with Crippen molar-refractivity contribution < 1.29 is 1.43 Å². The van der Waals surface area contributed by atoms with Crippen molar-refractivity contribution in [2.24, 2.45) is 5.73 Å². The van der Waals surface area contributed by atoms with Crippen LogP contribution in [-0.2, 0) is 0 Å². The highest BCUT2D eigenvalue weighted by molar-refractivity contribution is 7.80. The minimum Gasteiger partial charge on any atom is -0.386 e. The summed E-state index contributed by atoms with van der Waals surface area (Å²) in [6.07, 6.45) is 5.09. The summed E-state index contributed by atoms with van der Waals surface area (Å²) in [7, 11) is 1.84. The van der Waals surface area contributed by atoms with Crippen LogP contribution in [0.1, 0.15) is 40.2 Å². The Balaban J connectivity index is 0.000000443. The average Bonchev–Trinajstić information content (AvgIpc) is 3.42. The van der Waals surface area contributed by atoms with Gasteiger partial charge in [-0.3, -0.25) is 4.98 Å². The van der Waals surface area contributed by atoms with E-state index < -0.39 is 0 Å². The second-order valence-electron chi connectivity index (χ2n) is 5.63. The molecule has 0 aliphatic heterocycles. The molecule has 136 valence electrons. The lowest BCUT2D eigenvalue weighted by atomic mass is 10.1. The molecule has 1 fully saturated rings. The zero-order valence-corrected chi connectivity index (χ0v) is 15.7. The Morgan fingerprint density at radius 2 is 2.21 bits per heavy atom. The van der Waals surface area contributed by atoms with Crippen LogP contribution in [0, 0.1) is 5.41 Å². The predicted octanol–water partition coefficient (Wildman–Crippen LogP) is 2.45. The van der Waals surface area contributed by atoms with E-state index in [1.807, 2.05) is 31.0 Å². The van der Waals surface area contributed by atoms with Crippen molar-refractivity contribution in [1.82, 2.24) is 15.2 Å². The minimum absolute atomic E-state index is 0. The molecule has 1 aliphatic rings. The van der Waals surface area contributed by atoms with E-state index in [4.69, 9.17) is 23.4 Å². The molecule has 1 aromatic heterocycles. The smallest absolute Gasteiger partial charge is 0.166 e. The van der Waals surface area contributed by atoms with Gasteiger partial charge in [-0.2, -0.15) is 0 Å². The highest BCUT2D eigenvalue weighted by atomic mass is 32.1. The van der Waals surface area contributed by atoms with Gasteiger partial charge in [0.25, 0.3) is 0 Å². The number of hydrogen-bond acceptors (Lipinski definition) is 5. The Hall–Kier alpha value is -1.73. The molecule has 0 amide bonds. The van der Waals surface area contributed by atoms with Crippen LogP contribution in [0.15, 0.2) is 18.3 Å². The molecule has 0 unspecified atom stereocenters. The van der Waals surface area contributed by atoms with Crippen LogP contribution in [0.5, 0.6) is 0 Å². The van der Waals surface area contributed by atoms with Gasteiger partial charge in [-0.1, -0.05) is 6.92 Å². The number of pyridine rings is 1. The third-order valence-electron chi connectivity index (χ3n) is 3.80. The topological polar surface area (TPSA) is 90.1 Å². The summed E-state index contributed by atoms with van der Waals surface area (Å²) >= 11 is 4.89. The number of nitrogens with two attached hydrogens (primary N) is 1. The monoisotopic (exact) mass is 352 g/mol. The van der Waals surface area contributed by atoms with Gasteiger partial charge in [0, 0.05) is 40.3 Å². The highest BCUT2D eigenvalue weighted by Gasteiger charge is 2.19. The fourth-order valence-corrected chi connectivity index (χ4v) is 2.35. The van der Waals surface area contributed by atoms with Gasteiger partial charge in [0.15, 0.2) is 5.11 Å². The molecule has 1 saturated carbocycles. The van der Waals surface area contributed by atoms with E-state index >= 15 is 0 Å². The number of nitrogens with zero attached hydrogens (tertiary/aromatic N) is 2. The lowest BCUT2D eigenvalue weighted by molar-refractivity contribution is 0.431. The van der Waals surface area contributed by atoms with Crippen molar-refractivity contribution in [3.05, 3.63) is 24.0 Å². The van der Waals surface area contributed by atoms with Gasteiger partial charge in [0.1, 0.15) is 5.69 Å². The van der Waals surface area contributed by atoms with Gasteiger partial charge >= 0.3 is 0 Å². The van der Waals surface area contributed by atoms with Crippen molar-refractivity contribution in [1.29, 1.82) is 5.41 Å². The summed E-state index contributed by atoms with van der Waals surface area (Å²) in [5.74, 6) is 0. The molecular formula is C17H32N6S. The van der Waals surface area contributed by atoms with E-state index in [0.29, 0.717) is 17.2 Å². The summed E-state index contributed by atoms with van der Waals surface area (Å²) in [6, 6.07) is 4.56. The minimum atomic E-state index is 0. The lowest BCUT2D eigenvalue weighted by Crippen LogP contribution is -2.40. The second kappa shape index (κ2) is 10.9. The van der Waals surface area contributed by atoms with E-state index in [1.54, 1.807) is 6.20 Å². The van der Waals surface area contributed by atoms with Gasteiger partial charge in [0.05, 0.1) is 11.4 Å². The molecule has 0 radical (unpaired) electrons. The Bertz CT molecular complexity index is 536. The van der Waals surface area contributed by atoms with E-state index in [1.165, 1.54) is 12.8 Å². The first-order chi connectivity index (χ1) is 11.5. The van der Waals surface area contributed by atoms with Gasteiger partial charge in [-0.05, 0) is 50.5 Å². The predicted molar refractivity (Wildman–Crippen MR) is 108 cm³/mol.